The molecule has 35 heavy (non-hydrogen) atoms. The lowest BCUT2D eigenvalue weighted by Gasteiger charge is -2.34. The van der Waals surface area contributed by atoms with Crippen LogP contribution in [0.25, 0.3) is 0 Å². The Morgan fingerprint density at radius 1 is 1.11 bits per heavy atom. The van der Waals surface area contributed by atoms with Gasteiger partial charge in [-0.05, 0) is 49.7 Å². The van der Waals surface area contributed by atoms with Crippen LogP contribution in [0.1, 0.15) is 42.1 Å². The van der Waals surface area contributed by atoms with Gasteiger partial charge >= 0.3 is 5.97 Å². The highest BCUT2D eigenvalue weighted by atomic mass is 16.5. The summed E-state index contributed by atoms with van der Waals surface area (Å²) in [6, 6.07) is 13.4. The van der Waals surface area contributed by atoms with E-state index >= 15 is 0 Å². The highest BCUT2D eigenvalue weighted by molar-refractivity contribution is 6.04. The molecule has 3 N–H and O–H groups in total. The molecule has 2 aromatic carbocycles. The number of hydrogen-bond acceptors (Lipinski definition) is 6. The van der Waals surface area contributed by atoms with Gasteiger partial charge in [-0.25, -0.2) is 0 Å². The Labute approximate surface area is 205 Å². The zero-order chi connectivity index (χ0) is 25.2. The summed E-state index contributed by atoms with van der Waals surface area (Å²) in [6.45, 7) is 4.84. The number of carbonyl (C=O) groups excluding carboxylic acids is 4. The van der Waals surface area contributed by atoms with Crippen LogP contribution >= 0.6 is 0 Å². The third-order valence-corrected chi connectivity index (χ3v) is 5.64. The number of benzene rings is 2. The van der Waals surface area contributed by atoms with Crippen LogP contribution in [0, 0.1) is 6.92 Å². The maximum absolute atomic E-state index is 12.8. The van der Waals surface area contributed by atoms with Crippen molar-refractivity contribution in [1.29, 1.82) is 0 Å². The van der Waals surface area contributed by atoms with Crippen molar-refractivity contribution in [2.75, 3.05) is 36.9 Å². The van der Waals surface area contributed by atoms with Gasteiger partial charge in [0.15, 0.2) is 0 Å². The van der Waals surface area contributed by atoms with Crippen molar-refractivity contribution in [1.82, 2.24) is 10.2 Å². The lowest BCUT2D eigenvalue weighted by molar-refractivity contribution is -0.151. The van der Waals surface area contributed by atoms with Gasteiger partial charge in [0.05, 0.1) is 19.6 Å². The van der Waals surface area contributed by atoms with Crippen LogP contribution in [0.15, 0.2) is 48.5 Å². The van der Waals surface area contributed by atoms with Crippen LogP contribution in [0.4, 0.5) is 11.4 Å². The molecule has 1 saturated heterocycles. The van der Waals surface area contributed by atoms with Crippen molar-refractivity contribution in [2.45, 2.75) is 39.2 Å². The van der Waals surface area contributed by atoms with E-state index in [-0.39, 0.29) is 30.7 Å². The highest BCUT2D eigenvalue weighted by Crippen LogP contribution is 2.16. The van der Waals surface area contributed by atoms with E-state index in [1.54, 1.807) is 30.3 Å². The molecule has 0 radical (unpaired) electrons. The fraction of sp³-hybridized carbons (Fsp3) is 0.385. The molecule has 9 heteroatoms. The number of anilines is 2. The molecule has 0 saturated carbocycles. The average Bonchev–Trinajstić information content (AvgIpc) is 2.85. The molecule has 0 aliphatic carbocycles. The van der Waals surface area contributed by atoms with Crippen LogP contribution in [0.2, 0.25) is 0 Å². The van der Waals surface area contributed by atoms with Crippen molar-refractivity contribution in [2.24, 2.45) is 0 Å². The maximum Gasteiger partial charge on any atom is 0.308 e. The Balaban J connectivity index is 1.53. The second-order valence-electron chi connectivity index (χ2n) is 8.43. The fourth-order valence-electron chi connectivity index (χ4n) is 3.70. The Kier molecular flexibility index (Phi) is 9.23. The number of nitrogens with one attached hydrogen (secondary N) is 3. The maximum atomic E-state index is 12.8. The van der Waals surface area contributed by atoms with Gasteiger partial charge in [-0.2, -0.15) is 0 Å². The van der Waals surface area contributed by atoms with Gasteiger partial charge in [0.1, 0.15) is 6.04 Å². The van der Waals surface area contributed by atoms with E-state index in [9.17, 15) is 19.2 Å². The summed E-state index contributed by atoms with van der Waals surface area (Å²) >= 11 is 0. The van der Waals surface area contributed by atoms with Crippen molar-refractivity contribution in [3.05, 3.63) is 59.7 Å². The predicted octanol–water partition coefficient (Wildman–Crippen LogP) is 2.72. The zero-order valence-corrected chi connectivity index (χ0v) is 20.1. The number of esters is 1. The van der Waals surface area contributed by atoms with E-state index in [1.165, 1.54) is 4.90 Å². The molecular weight excluding hydrogens is 448 g/mol. The molecule has 1 atom stereocenters. The van der Waals surface area contributed by atoms with Crippen LogP contribution in [-0.4, -0.2) is 60.9 Å². The summed E-state index contributed by atoms with van der Waals surface area (Å²) in [7, 11) is 0. The standard InChI is InChI=1S/C26H32N4O5/c1-3-4-14-35-24(32)16-22-26(34)27-12-13-30(22)23(31)17-28-20-8-10-21(11-9-20)29-25(33)19-7-5-6-18(2)15-19/h5-11,15,22,28H,3-4,12-14,16-17H2,1-2H3,(H,27,34)(H,29,33). The molecule has 1 aliphatic heterocycles. The minimum atomic E-state index is -0.883. The second kappa shape index (κ2) is 12.5. The number of unbranched alkanes of at least 4 members (excludes halogenated alkanes) is 1. The summed E-state index contributed by atoms with van der Waals surface area (Å²) in [5, 5.41) is 8.59. The topological polar surface area (TPSA) is 117 Å². The minimum Gasteiger partial charge on any atom is -0.466 e. The number of carbonyl (C=O) groups is 4. The lowest BCUT2D eigenvalue weighted by atomic mass is 10.1. The SMILES string of the molecule is CCCCOC(=O)CC1C(=O)NCCN1C(=O)CNc1ccc(NC(=O)c2cccc(C)c2)cc1. The van der Waals surface area contributed by atoms with E-state index < -0.39 is 12.0 Å². The first-order chi connectivity index (χ1) is 16.9. The molecule has 1 unspecified atom stereocenters. The molecule has 3 amide bonds. The van der Waals surface area contributed by atoms with E-state index in [2.05, 4.69) is 16.0 Å². The molecule has 0 aromatic heterocycles. The van der Waals surface area contributed by atoms with Gasteiger partial charge in [0, 0.05) is 30.0 Å². The molecule has 1 fully saturated rings. The van der Waals surface area contributed by atoms with Gasteiger partial charge in [0.2, 0.25) is 11.8 Å². The van der Waals surface area contributed by atoms with Gasteiger partial charge < -0.3 is 25.6 Å². The molecule has 1 heterocycles. The monoisotopic (exact) mass is 480 g/mol. The van der Waals surface area contributed by atoms with Crippen molar-refractivity contribution < 1.29 is 23.9 Å². The number of ether oxygens (including phenoxy) is 1. The fourth-order valence-corrected chi connectivity index (χ4v) is 3.70. The summed E-state index contributed by atoms with van der Waals surface area (Å²) in [4.78, 5) is 51.1. The number of rotatable bonds is 10. The first kappa shape index (κ1) is 25.7. The zero-order valence-electron chi connectivity index (χ0n) is 20.1. The molecule has 0 bridgehead atoms. The molecule has 0 spiro atoms. The molecule has 9 nitrogen and oxygen atoms in total. The molecule has 2 aromatic rings. The quantitative estimate of drug-likeness (QED) is 0.356. The smallest absolute Gasteiger partial charge is 0.308 e. The van der Waals surface area contributed by atoms with E-state index in [0.29, 0.717) is 36.6 Å². The predicted molar refractivity (Wildman–Crippen MR) is 133 cm³/mol. The Hall–Kier alpha value is -3.88. The highest BCUT2D eigenvalue weighted by Gasteiger charge is 2.34. The first-order valence-electron chi connectivity index (χ1n) is 11.8. The Bertz CT molecular complexity index is 1050. The normalized spacial score (nSPS) is 15.2. The van der Waals surface area contributed by atoms with Gasteiger partial charge in [-0.1, -0.05) is 31.0 Å². The van der Waals surface area contributed by atoms with Gasteiger partial charge in [-0.15, -0.1) is 0 Å². The number of amides is 3. The van der Waals surface area contributed by atoms with Crippen molar-refractivity contribution in [3.63, 3.8) is 0 Å². The summed E-state index contributed by atoms with van der Waals surface area (Å²) in [6.07, 6.45) is 1.48. The van der Waals surface area contributed by atoms with E-state index in [0.717, 1.165) is 18.4 Å². The van der Waals surface area contributed by atoms with Crippen LogP contribution < -0.4 is 16.0 Å². The average molecular weight is 481 g/mol. The van der Waals surface area contributed by atoms with Crippen molar-refractivity contribution >= 4 is 35.1 Å². The summed E-state index contributed by atoms with van der Waals surface area (Å²) < 4.78 is 5.16. The Morgan fingerprint density at radius 2 is 1.86 bits per heavy atom. The number of aryl methyl sites for hydroxylation is 1. The lowest BCUT2D eigenvalue weighted by Crippen LogP contribution is -2.58. The third-order valence-electron chi connectivity index (χ3n) is 5.64. The van der Waals surface area contributed by atoms with Crippen LogP contribution in [0.3, 0.4) is 0 Å². The second-order valence-corrected chi connectivity index (χ2v) is 8.43. The van der Waals surface area contributed by atoms with Gasteiger partial charge in [-0.3, -0.25) is 19.2 Å². The number of piperazine rings is 1. The van der Waals surface area contributed by atoms with E-state index in [1.807, 2.05) is 32.0 Å². The molecule has 186 valence electrons. The third kappa shape index (κ3) is 7.56. The molecule has 3 rings (SSSR count). The van der Waals surface area contributed by atoms with E-state index in [4.69, 9.17) is 4.74 Å². The number of hydrogen-bond donors (Lipinski definition) is 3. The molecular formula is C26H32N4O5. The number of nitrogens with zero attached hydrogens (tertiary/aromatic N) is 1. The summed E-state index contributed by atoms with van der Waals surface area (Å²) in [5.41, 5.74) is 2.89. The first-order valence-corrected chi connectivity index (χ1v) is 11.8. The molecule has 1 aliphatic rings. The van der Waals surface area contributed by atoms with Gasteiger partial charge in [0.25, 0.3) is 5.91 Å². The summed E-state index contributed by atoms with van der Waals surface area (Å²) in [5.74, 6) is -1.34. The van der Waals surface area contributed by atoms with Crippen LogP contribution in [0.5, 0.6) is 0 Å². The van der Waals surface area contributed by atoms with Crippen LogP contribution in [-0.2, 0) is 19.1 Å². The largest absolute Gasteiger partial charge is 0.466 e. The Morgan fingerprint density at radius 3 is 2.57 bits per heavy atom. The minimum absolute atomic E-state index is 0.0380. The van der Waals surface area contributed by atoms with Crippen molar-refractivity contribution in [3.8, 4) is 0 Å².